The fourth-order valence-electron chi connectivity index (χ4n) is 9.54. The normalized spacial score (nSPS) is 19.7. The van der Waals surface area contributed by atoms with Crippen LogP contribution in [0.25, 0.3) is 22.9 Å². The summed E-state index contributed by atoms with van der Waals surface area (Å²) in [7, 11) is 0. The highest BCUT2D eigenvalue weighted by molar-refractivity contribution is 6.07. The van der Waals surface area contributed by atoms with Gasteiger partial charge in [0.05, 0.1) is 24.0 Å². The predicted molar refractivity (Wildman–Crippen MR) is 252 cm³/mol. The summed E-state index contributed by atoms with van der Waals surface area (Å²) in [5.74, 6) is -0.922. The number of pyridine rings is 1. The van der Waals surface area contributed by atoms with Gasteiger partial charge in [0.25, 0.3) is 11.8 Å². The number of urea groups is 1. The Balaban J connectivity index is 0.853. The molecule has 9 rings (SSSR count). The molecule has 0 radical (unpaired) electrons. The molecule has 364 valence electrons. The Bertz CT molecular complexity index is 2910. The number of carbonyl (C=O) groups is 6. The molecule has 3 aliphatic heterocycles. The van der Waals surface area contributed by atoms with Crippen molar-refractivity contribution >= 4 is 64.5 Å². The number of amides is 7. The first-order chi connectivity index (χ1) is 33.6. The van der Waals surface area contributed by atoms with Crippen molar-refractivity contribution in [3.63, 3.8) is 0 Å². The van der Waals surface area contributed by atoms with Gasteiger partial charge in [-0.1, -0.05) is 24.3 Å². The van der Waals surface area contributed by atoms with Crippen molar-refractivity contribution in [2.75, 3.05) is 68.3 Å². The van der Waals surface area contributed by atoms with E-state index in [1.165, 1.54) is 4.90 Å². The minimum Gasteiger partial charge on any atom is -0.382 e. The Kier molecular flexibility index (Phi) is 13.4. The lowest BCUT2D eigenvalue weighted by molar-refractivity contribution is -0.137. The molecule has 7 amide bonds. The number of imidazole rings is 1. The summed E-state index contributed by atoms with van der Waals surface area (Å²) in [6, 6.07) is 12.6. The highest BCUT2D eigenvalue weighted by Gasteiger charge is 2.34. The maximum absolute atomic E-state index is 13.8. The lowest BCUT2D eigenvalue weighted by atomic mass is 10.1. The summed E-state index contributed by atoms with van der Waals surface area (Å²) >= 11 is 0. The number of aryl methyl sites for hydroxylation is 1. The number of nitrogens with zero attached hydrogens (tertiary/aromatic N) is 8. The van der Waals surface area contributed by atoms with E-state index in [-0.39, 0.29) is 85.3 Å². The van der Waals surface area contributed by atoms with E-state index in [0.717, 1.165) is 29.7 Å². The number of halogens is 3. The number of nitrogens with two attached hydrogens (primary N) is 1. The van der Waals surface area contributed by atoms with Crippen LogP contribution in [0.1, 0.15) is 87.8 Å². The fourth-order valence-corrected chi connectivity index (χ4v) is 9.54. The van der Waals surface area contributed by atoms with Gasteiger partial charge in [-0.15, -0.1) is 0 Å². The Morgan fingerprint density at radius 3 is 2.41 bits per heavy atom. The average Bonchev–Trinajstić information content (AvgIpc) is 3.98. The standard InChI is InChI=1S/C49H51F3N12O6/c1-29-5-6-33(25-37(29)63-19-14-39(65)58-48(63)70)47(69)61-22-20-60(21-23-61)18-15-41(67)62-17-3-2-4-36-27-55-44(53)43-42(59-45(64(36)43)32-11-12-35(24-32)56-40(66)28-62)30-7-9-31(10-8-30)46(68)57-38-26-34(13-16-54-38)49(50,51)52/h2,4-10,13,16,25-27,32,35H,3,11-12,14-15,17-24,28H2,1H3,(H2,53,55)(H,56,66)(H,54,57,68)(H,58,65,70)/b4-2+/t32-,35-/m1/s1. The molecule has 5 N–H and O–H groups in total. The summed E-state index contributed by atoms with van der Waals surface area (Å²) in [5.41, 5.74) is 10.0. The summed E-state index contributed by atoms with van der Waals surface area (Å²) in [4.78, 5) is 98.7. The highest BCUT2D eigenvalue weighted by Crippen LogP contribution is 2.39. The summed E-state index contributed by atoms with van der Waals surface area (Å²) in [5, 5.41) is 7.91. The van der Waals surface area contributed by atoms with Crippen LogP contribution < -0.4 is 26.6 Å². The minimum absolute atomic E-state index is 0.0767. The second kappa shape index (κ2) is 19.7. The number of anilines is 3. The molecule has 1 aliphatic carbocycles. The molecule has 0 unspecified atom stereocenters. The smallest absolute Gasteiger partial charge is 0.382 e. The van der Waals surface area contributed by atoms with E-state index in [1.54, 1.807) is 58.5 Å². The van der Waals surface area contributed by atoms with Crippen molar-refractivity contribution in [1.29, 1.82) is 0 Å². The summed E-state index contributed by atoms with van der Waals surface area (Å²) in [6.45, 7) is 4.70. The van der Waals surface area contributed by atoms with Crippen LogP contribution in [0.2, 0.25) is 0 Å². The van der Waals surface area contributed by atoms with Gasteiger partial charge in [0.15, 0.2) is 0 Å². The third-order valence-corrected chi connectivity index (χ3v) is 13.3. The van der Waals surface area contributed by atoms with Gasteiger partial charge >= 0.3 is 12.2 Å². The number of hydrogen-bond donors (Lipinski definition) is 4. The third kappa shape index (κ3) is 10.2. The largest absolute Gasteiger partial charge is 0.416 e. The number of hydrogen-bond acceptors (Lipinski definition) is 11. The van der Waals surface area contributed by atoms with Crippen LogP contribution in [0.4, 0.5) is 35.3 Å². The zero-order valence-corrected chi connectivity index (χ0v) is 38.3. The van der Waals surface area contributed by atoms with Gasteiger partial charge in [0.2, 0.25) is 17.7 Å². The van der Waals surface area contributed by atoms with Crippen molar-refractivity contribution < 1.29 is 41.9 Å². The number of piperazine rings is 1. The van der Waals surface area contributed by atoms with Gasteiger partial charge in [0.1, 0.15) is 28.7 Å². The molecule has 1 saturated carbocycles. The number of alkyl halides is 3. The molecule has 6 heterocycles. The zero-order chi connectivity index (χ0) is 49.3. The molecular weight excluding hydrogens is 910 g/mol. The zero-order valence-electron chi connectivity index (χ0n) is 38.3. The number of carbonyl (C=O) groups excluding carboxylic acids is 6. The first-order valence-electron chi connectivity index (χ1n) is 23.2. The second-order valence-corrected chi connectivity index (χ2v) is 18.0. The molecule has 21 heteroatoms. The quantitative estimate of drug-likeness (QED) is 0.158. The van der Waals surface area contributed by atoms with E-state index in [1.807, 2.05) is 23.5 Å². The molecule has 0 spiro atoms. The molecule has 70 heavy (non-hydrogen) atoms. The molecule has 2 atom stereocenters. The molecule has 18 nitrogen and oxygen atoms in total. The van der Waals surface area contributed by atoms with Crippen molar-refractivity contribution in [2.45, 2.75) is 63.6 Å². The maximum Gasteiger partial charge on any atom is 0.416 e. The molecule has 3 fully saturated rings. The van der Waals surface area contributed by atoms with Gasteiger partial charge in [-0.05, 0) is 80.6 Å². The number of fused-ring (bicyclic) bond motifs is 3. The fraction of sp³-hybridized carbons (Fsp3) is 0.367. The Hall–Kier alpha value is -7.68. The SMILES string of the molecule is Cc1ccc(C(=O)N2CCN(CCC(=O)N3CC/C=C/c4cnc(N)c5c(-c6ccc(C(=O)Nc7cc(C(F)(F)F)ccn7)cc6)nc(n45)[C@@H]4CC[C@H](C4)NC(=O)C3)CC2)cc1N1CCC(=O)NC1=O. The molecular formula is C49H51F3N12O6. The van der Waals surface area contributed by atoms with Crippen molar-refractivity contribution in [3.05, 3.63) is 107 Å². The monoisotopic (exact) mass is 960 g/mol. The highest BCUT2D eigenvalue weighted by atomic mass is 19.4. The number of rotatable bonds is 8. The van der Waals surface area contributed by atoms with Crippen molar-refractivity contribution in [3.8, 4) is 11.3 Å². The first kappa shape index (κ1) is 47.4. The van der Waals surface area contributed by atoms with Crippen LogP contribution in [0, 0.1) is 6.92 Å². The van der Waals surface area contributed by atoms with E-state index in [9.17, 15) is 41.9 Å². The van der Waals surface area contributed by atoms with E-state index in [0.29, 0.717) is 92.1 Å². The topological polar surface area (TPSA) is 221 Å². The Labute approximate surface area is 400 Å². The van der Waals surface area contributed by atoms with Gasteiger partial charge in [-0.3, -0.25) is 43.5 Å². The van der Waals surface area contributed by atoms with Crippen LogP contribution in [-0.4, -0.2) is 128 Å². The van der Waals surface area contributed by atoms with Crippen molar-refractivity contribution in [1.82, 2.24) is 44.7 Å². The number of nitrogen functional groups attached to an aromatic ring is 1. The molecule has 2 bridgehead atoms. The summed E-state index contributed by atoms with van der Waals surface area (Å²) in [6.07, 6.45) is 4.62. The van der Waals surface area contributed by atoms with Gasteiger partial charge < -0.3 is 26.2 Å². The second-order valence-electron chi connectivity index (χ2n) is 18.0. The van der Waals surface area contributed by atoms with Crippen LogP contribution in [0.15, 0.2) is 73.1 Å². The molecule has 4 aliphatic rings. The van der Waals surface area contributed by atoms with Crippen LogP contribution >= 0.6 is 0 Å². The Morgan fingerprint density at radius 1 is 0.886 bits per heavy atom. The third-order valence-electron chi connectivity index (χ3n) is 13.3. The average molecular weight is 961 g/mol. The molecule has 2 saturated heterocycles. The molecule has 2 aromatic carbocycles. The lowest BCUT2D eigenvalue weighted by Gasteiger charge is -2.35. The van der Waals surface area contributed by atoms with Gasteiger partial charge in [0, 0.05) is 99.2 Å². The first-order valence-corrected chi connectivity index (χ1v) is 23.2. The number of nitrogens with one attached hydrogen (secondary N) is 3. The number of benzene rings is 2. The Morgan fingerprint density at radius 2 is 1.66 bits per heavy atom. The van der Waals surface area contributed by atoms with Gasteiger partial charge in [-0.25, -0.2) is 19.7 Å². The van der Waals surface area contributed by atoms with E-state index >= 15 is 0 Å². The summed E-state index contributed by atoms with van der Waals surface area (Å²) < 4.78 is 41.7. The van der Waals surface area contributed by atoms with E-state index < -0.39 is 23.7 Å². The van der Waals surface area contributed by atoms with Crippen LogP contribution in [0.5, 0.6) is 0 Å². The number of imide groups is 1. The predicted octanol–water partition coefficient (Wildman–Crippen LogP) is 5.25. The van der Waals surface area contributed by atoms with Gasteiger partial charge in [-0.2, -0.15) is 13.2 Å². The van der Waals surface area contributed by atoms with E-state index in [4.69, 9.17) is 10.7 Å². The minimum atomic E-state index is -4.60. The molecule has 3 aromatic heterocycles. The van der Waals surface area contributed by atoms with E-state index in [2.05, 4.69) is 30.8 Å². The van der Waals surface area contributed by atoms with Crippen LogP contribution in [-0.2, 0) is 20.6 Å². The van der Waals surface area contributed by atoms with Crippen LogP contribution in [0.3, 0.4) is 0 Å². The lowest BCUT2D eigenvalue weighted by Crippen LogP contribution is -2.50. The number of aromatic nitrogens is 4. The maximum atomic E-state index is 13.8. The van der Waals surface area contributed by atoms with Crippen molar-refractivity contribution in [2.24, 2.45) is 0 Å². The molecule has 5 aromatic rings.